The molecule has 0 fully saturated rings. The maximum Gasteiger partial charge on any atom is 0.294 e. The number of amides is 2. The molecule has 9 nitrogen and oxygen atoms in total. The third-order valence-electron chi connectivity index (χ3n) is 4.63. The predicted molar refractivity (Wildman–Crippen MR) is 112 cm³/mol. The quantitative estimate of drug-likeness (QED) is 0.476. The van der Waals surface area contributed by atoms with E-state index in [9.17, 15) is 19.7 Å². The number of anilines is 1. The lowest BCUT2D eigenvalue weighted by Crippen LogP contribution is -2.30. The second-order valence-corrected chi connectivity index (χ2v) is 6.44. The molecule has 2 amide bonds. The number of carbonyl (C=O) groups excluding carboxylic acids is 2. The van der Waals surface area contributed by atoms with Gasteiger partial charge < -0.3 is 14.8 Å². The monoisotopic (exact) mass is 407 g/mol. The van der Waals surface area contributed by atoms with Crippen LogP contribution >= 0.6 is 0 Å². The minimum Gasteiger partial charge on any atom is -0.339 e. The Morgan fingerprint density at radius 3 is 2.53 bits per heavy atom. The van der Waals surface area contributed by atoms with Crippen molar-refractivity contribution in [2.75, 3.05) is 18.4 Å². The Labute approximate surface area is 173 Å². The van der Waals surface area contributed by atoms with Gasteiger partial charge in [-0.25, -0.2) is 4.98 Å². The summed E-state index contributed by atoms with van der Waals surface area (Å²) in [5, 5.41) is 14.2. The zero-order valence-electron chi connectivity index (χ0n) is 16.6. The van der Waals surface area contributed by atoms with Crippen molar-refractivity contribution in [1.82, 2.24) is 14.5 Å². The molecule has 0 aliphatic carbocycles. The number of nitrogens with zero attached hydrogens (tertiary/aromatic N) is 4. The number of hydrogen-bond acceptors (Lipinski definition) is 5. The number of benzene rings is 2. The summed E-state index contributed by atoms with van der Waals surface area (Å²) in [5.41, 5.74) is 1.11. The minimum atomic E-state index is -0.546. The Balaban J connectivity index is 1.84. The molecule has 0 atom stereocenters. The number of carbonyl (C=O) groups is 2. The van der Waals surface area contributed by atoms with Crippen LogP contribution in [-0.4, -0.2) is 44.3 Å². The second-order valence-electron chi connectivity index (χ2n) is 6.44. The molecule has 0 aliphatic rings. The summed E-state index contributed by atoms with van der Waals surface area (Å²) in [5.74, 6) is -0.640. The van der Waals surface area contributed by atoms with Gasteiger partial charge in [0, 0.05) is 48.4 Å². The van der Waals surface area contributed by atoms with E-state index in [4.69, 9.17) is 0 Å². The van der Waals surface area contributed by atoms with E-state index in [0.717, 1.165) is 0 Å². The molecule has 9 heteroatoms. The molecule has 1 N–H and O–H groups in total. The first-order valence-electron chi connectivity index (χ1n) is 9.42. The number of hydrogen-bond donors (Lipinski definition) is 1. The van der Waals surface area contributed by atoms with Gasteiger partial charge in [-0.15, -0.1) is 0 Å². The van der Waals surface area contributed by atoms with Gasteiger partial charge in [0.15, 0.2) is 0 Å². The van der Waals surface area contributed by atoms with Gasteiger partial charge in [-0.05, 0) is 44.2 Å². The first kappa shape index (κ1) is 20.7. The summed E-state index contributed by atoms with van der Waals surface area (Å²) in [6.45, 7) is 4.96. The fraction of sp³-hybridized carbons (Fsp3) is 0.190. The number of imidazole rings is 1. The largest absolute Gasteiger partial charge is 0.339 e. The van der Waals surface area contributed by atoms with Crippen LogP contribution < -0.4 is 5.32 Å². The average Bonchev–Trinajstić information content (AvgIpc) is 3.29. The SMILES string of the molecule is CCN(CC)C(=O)c1cccc(NC(=O)c2ccc(-n3ccnc3)c([N+](=O)[O-])c2)c1. The Hall–Kier alpha value is -4.01. The molecule has 0 spiro atoms. The van der Waals surface area contributed by atoms with Crippen LogP contribution in [-0.2, 0) is 0 Å². The number of nitro benzene ring substituents is 1. The Bertz CT molecular complexity index is 1070. The van der Waals surface area contributed by atoms with Gasteiger partial charge in [-0.2, -0.15) is 0 Å². The number of aromatic nitrogens is 2. The highest BCUT2D eigenvalue weighted by Gasteiger charge is 2.19. The van der Waals surface area contributed by atoms with Crippen molar-refractivity contribution < 1.29 is 14.5 Å². The van der Waals surface area contributed by atoms with Crippen LogP contribution in [0.3, 0.4) is 0 Å². The van der Waals surface area contributed by atoms with Crippen molar-refractivity contribution >= 4 is 23.2 Å². The lowest BCUT2D eigenvalue weighted by atomic mass is 10.1. The first-order valence-corrected chi connectivity index (χ1v) is 9.42. The van der Waals surface area contributed by atoms with Crippen LogP contribution in [0, 0.1) is 10.1 Å². The van der Waals surface area contributed by atoms with E-state index in [1.54, 1.807) is 35.4 Å². The molecule has 3 rings (SSSR count). The maximum atomic E-state index is 12.7. The molecule has 0 saturated carbocycles. The van der Waals surface area contributed by atoms with Crippen molar-refractivity contribution in [2.45, 2.75) is 13.8 Å². The fourth-order valence-corrected chi connectivity index (χ4v) is 3.06. The lowest BCUT2D eigenvalue weighted by molar-refractivity contribution is -0.384. The van der Waals surface area contributed by atoms with Gasteiger partial charge >= 0.3 is 0 Å². The molecule has 1 heterocycles. The maximum absolute atomic E-state index is 12.7. The van der Waals surface area contributed by atoms with Crippen LogP contribution in [0.1, 0.15) is 34.6 Å². The van der Waals surface area contributed by atoms with Crippen LogP contribution in [0.5, 0.6) is 0 Å². The second kappa shape index (κ2) is 8.99. The lowest BCUT2D eigenvalue weighted by Gasteiger charge is -2.19. The van der Waals surface area contributed by atoms with E-state index in [1.165, 1.54) is 35.3 Å². The molecule has 0 saturated heterocycles. The third kappa shape index (κ3) is 4.35. The van der Waals surface area contributed by atoms with E-state index in [0.29, 0.717) is 30.0 Å². The molecule has 2 aromatic carbocycles. The van der Waals surface area contributed by atoms with E-state index in [1.807, 2.05) is 13.8 Å². The average molecular weight is 407 g/mol. The first-order chi connectivity index (χ1) is 14.4. The summed E-state index contributed by atoms with van der Waals surface area (Å²) in [4.78, 5) is 41.7. The Morgan fingerprint density at radius 2 is 1.90 bits per heavy atom. The molecule has 154 valence electrons. The standard InChI is InChI=1S/C21H21N5O4/c1-3-24(4-2)21(28)16-6-5-7-17(12-16)23-20(27)15-8-9-18(19(13-15)26(29)30)25-11-10-22-14-25/h5-14H,3-4H2,1-2H3,(H,23,27). The van der Waals surface area contributed by atoms with Crippen LogP contribution in [0.4, 0.5) is 11.4 Å². The number of nitrogens with one attached hydrogen (secondary N) is 1. The zero-order chi connectivity index (χ0) is 21.7. The minimum absolute atomic E-state index is 0.128. The molecular weight excluding hydrogens is 386 g/mol. The van der Waals surface area contributed by atoms with Gasteiger partial charge in [0.25, 0.3) is 17.5 Å². The molecule has 3 aromatic rings. The molecule has 30 heavy (non-hydrogen) atoms. The summed E-state index contributed by atoms with van der Waals surface area (Å²) in [6, 6.07) is 10.8. The Kier molecular flexibility index (Phi) is 6.21. The van der Waals surface area contributed by atoms with E-state index in [-0.39, 0.29) is 17.2 Å². The summed E-state index contributed by atoms with van der Waals surface area (Å²) in [6.07, 6.45) is 4.54. The van der Waals surface area contributed by atoms with E-state index in [2.05, 4.69) is 10.3 Å². The zero-order valence-corrected chi connectivity index (χ0v) is 16.6. The molecular formula is C21H21N5O4. The summed E-state index contributed by atoms with van der Waals surface area (Å²) >= 11 is 0. The van der Waals surface area contributed by atoms with Gasteiger partial charge in [-0.1, -0.05) is 6.07 Å². The van der Waals surface area contributed by atoms with Crippen LogP contribution in [0.2, 0.25) is 0 Å². The van der Waals surface area contributed by atoms with Crippen molar-refractivity contribution in [2.24, 2.45) is 0 Å². The highest BCUT2D eigenvalue weighted by Crippen LogP contribution is 2.25. The van der Waals surface area contributed by atoms with Crippen LogP contribution in [0.25, 0.3) is 5.69 Å². The van der Waals surface area contributed by atoms with Crippen LogP contribution in [0.15, 0.2) is 61.2 Å². The topological polar surface area (TPSA) is 110 Å². The van der Waals surface area contributed by atoms with Gasteiger partial charge in [0.1, 0.15) is 5.69 Å². The Morgan fingerprint density at radius 1 is 1.13 bits per heavy atom. The van der Waals surface area contributed by atoms with Crippen molar-refractivity contribution in [3.05, 3.63) is 82.4 Å². The smallest absolute Gasteiger partial charge is 0.294 e. The van der Waals surface area contributed by atoms with Crippen molar-refractivity contribution in [3.8, 4) is 5.69 Å². The molecule has 0 unspecified atom stereocenters. The summed E-state index contributed by atoms with van der Waals surface area (Å²) in [7, 11) is 0. The van der Waals surface area contributed by atoms with Gasteiger partial charge in [-0.3, -0.25) is 19.7 Å². The van der Waals surface area contributed by atoms with Gasteiger partial charge in [0.05, 0.1) is 11.3 Å². The molecule has 0 radical (unpaired) electrons. The van der Waals surface area contributed by atoms with Crippen molar-refractivity contribution in [1.29, 1.82) is 0 Å². The predicted octanol–water partition coefficient (Wildman–Crippen LogP) is 3.51. The highest BCUT2D eigenvalue weighted by atomic mass is 16.6. The van der Waals surface area contributed by atoms with E-state index >= 15 is 0 Å². The highest BCUT2D eigenvalue weighted by molar-refractivity contribution is 6.05. The third-order valence-corrected chi connectivity index (χ3v) is 4.63. The number of rotatable bonds is 7. The fourth-order valence-electron chi connectivity index (χ4n) is 3.06. The summed E-state index contributed by atoms with van der Waals surface area (Å²) < 4.78 is 1.50. The molecule has 1 aromatic heterocycles. The van der Waals surface area contributed by atoms with E-state index < -0.39 is 10.8 Å². The molecule has 0 bridgehead atoms. The normalized spacial score (nSPS) is 10.5. The molecule has 0 aliphatic heterocycles. The van der Waals surface area contributed by atoms with Gasteiger partial charge in [0.2, 0.25) is 0 Å². The number of nitro groups is 1. The van der Waals surface area contributed by atoms with Crippen molar-refractivity contribution in [3.63, 3.8) is 0 Å².